The largest absolute Gasteiger partial charge is 0.383 e. The lowest BCUT2D eigenvalue weighted by atomic mass is 10.1. The first-order chi connectivity index (χ1) is 11.2. The third-order valence-electron chi connectivity index (χ3n) is 4.85. The summed E-state index contributed by atoms with van der Waals surface area (Å²) in [4.78, 5) is 0. The predicted molar refractivity (Wildman–Crippen MR) is 97.6 cm³/mol. The fourth-order valence-corrected chi connectivity index (χ4v) is 8.90. The van der Waals surface area contributed by atoms with Gasteiger partial charge in [-0.15, -0.1) is 0 Å². The van der Waals surface area contributed by atoms with E-state index in [9.17, 15) is 0 Å². The van der Waals surface area contributed by atoms with Crippen LogP contribution in [0, 0.1) is 5.92 Å². The summed E-state index contributed by atoms with van der Waals surface area (Å²) in [6.45, 7) is 7.37. The lowest BCUT2D eigenvalue weighted by Crippen LogP contribution is -2.62. The van der Waals surface area contributed by atoms with Crippen molar-refractivity contribution in [2.75, 3.05) is 6.61 Å². The van der Waals surface area contributed by atoms with Crippen molar-refractivity contribution in [2.45, 2.75) is 39.0 Å². The summed E-state index contributed by atoms with van der Waals surface area (Å²) in [5, 5.41) is 2.71. The van der Waals surface area contributed by atoms with E-state index in [4.69, 9.17) is 9.16 Å². The van der Waals surface area contributed by atoms with Crippen molar-refractivity contribution in [3.05, 3.63) is 60.7 Å². The Morgan fingerprint density at radius 1 is 1.00 bits per heavy atom. The highest BCUT2D eigenvalue weighted by Gasteiger charge is 2.55. The Bertz CT molecular complexity index is 573. The van der Waals surface area contributed by atoms with Gasteiger partial charge >= 0.3 is 0 Å². The SMILES string of the molecule is CCOC1C[C@@H](C(C)C)[Si](c2ccccc2)(c2ccccc2)O1. The minimum absolute atomic E-state index is 0.0838. The molecule has 2 aromatic carbocycles. The lowest BCUT2D eigenvalue weighted by molar-refractivity contribution is -0.0668. The zero-order chi connectivity index (χ0) is 16.3. The van der Waals surface area contributed by atoms with Gasteiger partial charge in [-0.2, -0.15) is 0 Å². The van der Waals surface area contributed by atoms with E-state index in [0.29, 0.717) is 18.1 Å². The standard InChI is InChI=1S/C20H26O2Si/c1-4-21-20-15-19(16(2)3)23(22-20,17-11-7-5-8-12-17)18-13-9-6-10-14-18/h5-14,16,19-20H,4,15H2,1-3H3/t19-,20?/m0/s1. The molecule has 1 aliphatic rings. The minimum atomic E-state index is -2.30. The molecule has 0 amide bonds. The average molecular weight is 327 g/mol. The molecular weight excluding hydrogens is 300 g/mol. The topological polar surface area (TPSA) is 18.5 Å². The highest BCUT2D eigenvalue weighted by atomic mass is 28.4. The quantitative estimate of drug-likeness (QED) is 0.782. The summed E-state index contributed by atoms with van der Waals surface area (Å²) in [5.41, 5.74) is 0.517. The van der Waals surface area contributed by atoms with Gasteiger partial charge in [0, 0.05) is 13.0 Å². The van der Waals surface area contributed by atoms with Gasteiger partial charge in [-0.05, 0) is 28.8 Å². The van der Waals surface area contributed by atoms with E-state index in [1.54, 1.807) is 0 Å². The number of hydrogen-bond acceptors (Lipinski definition) is 2. The van der Waals surface area contributed by atoms with Gasteiger partial charge < -0.3 is 9.16 Å². The van der Waals surface area contributed by atoms with E-state index >= 15 is 0 Å². The van der Waals surface area contributed by atoms with Crippen LogP contribution in [0.3, 0.4) is 0 Å². The van der Waals surface area contributed by atoms with Crippen LogP contribution in [-0.4, -0.2) is 21.2 Å². The fourth-order valence-electron chi connectivity index (χ4n) is 3.85. The van der Waals surface area contributed by atoms with Crippen LogP contribution in [0.15, 0.2) is 60.7 Å². The van der Waals surface area contributed by atoms with Crippen molar-refractivity contribution in [2.24, 2.45) is 5.92 Å². The van der Waals surface area contributed by atoms with Gasteiger partial charge in [0.1, 0.15) is 6.29 Å². The third kappa shape index (κ3) is 3.01. The van der Waals surface area contributed by atoms with Crippen LogP contribution in [0.4, 0.5) is 0 Å². The van der Waals surface area contributed by atoms with Crippen molar-refractivity contribution in [1.29, 1.82) is 0 Å². The molecule has 0 bridgehead atoms. The maximum absolute atomic E-state index is 6.75. The van der Waals surface area contributed by atoms with E-state index in [1.807, 2.05) is 6.92 Å². The molecule has 2 nitrogen and oxygen atoms in total. The molecule has 23 heavy (non-hydrogen) atoms. The molecule has 3 rings (SSSR count). The molecule has 3 heteroatoms. The van der Waals surface area contributed by atoms with Gasteiger partial charge in [0.05, 0.1) is 0 Å². The minimum Gasteiger partial charge on any atom is -0.383 e. The summed E-state index contributed by atoms with van der Waals surface area (Å²) in [6, 6.07) is 21.6. The molecule has 0 aliphatic carbocycles. The van der Waals surface area contributed by atoms with Crippen molar-refractivity contribution >= 4 is 18.7 Å². The lowest BCUT2D eigenvalue weighted by Gasteiger charge is -2.34. The van der Waals surface area contributed by atoms with Gasteiger partial charge in [-0.1, -0.05) is 74.5 Å². The average Bonchev–Trinajstić information content (AvgIpc) is 2.98. The molecule has 1 aliphatic heterocycles. The molecule has 2 atom stereocenters. The van der Waals surface area contributed by atoms with Crippen molar-refractivity contribution in [3.8, 4) is 0 Å². The maximum atomic E-state index is 6.75. The summed E-state index contributed by atoms with van der Waals surface area (Å²) >= 11 is 0. The third-order valence-corrected chi connectivity index (χ3v) is 9.81. The van der Waals surface area contributed by atoms with Crippen LogP contribution in [0.2, 0.25) is 5.54 Å². The van der Waals surface area contributed by atoms with Crippen molar-refractivity contribution in [3.63, 3.8) is 0 Å². The second-order valence-electron chi connectivity index (χ2n) is 6.56. The zero-order valence-corrected chi connectivity index (χ0v) is 15.2. The molecule has 122 valence electrons. The number of benzene rings is 2. The molecule has 1 heterocycles. The highest BCUT2D eigenvalue weighted by Crippen LogP contribution is 2.42. The molecule has 1 unspecified atom stereocenters. The van der Waals surface area contributed by atoms with Crippen LogP contribution < -0.4 is 10.4 Å². The van der Waals surface area contributed by atoms with E-state index in [2.05, 4.69) is 74.5 Å². The molecule has 2 aromatic rings. The van der Waals surface area contributed by atoms with Crippen molar-refractivity contribution in [1.82, 2.24) is 0 Å². The Morgan fingerprint density at radius 3 is 1.96 bits per heavy atom. The Morgan fingerprint density at radius 2 is 1.52 bits per heavy atom. The molecular formula is C20H26O2Si. The van der Waals surface area contributed by atoms with Crippen LogP contribution in [-0.2, 0) is 9.16 Å². The van der Waals surface area contributed by atoms with E-state index < -0.39 is 8.32 Å². The fraction of sp³-hybridized carbons (Fsp3) is 0.400. The van der Waals surface area contributed by atoms with Crippen LogP contribution in [0.5, 0.6) is 0 Å². The van der Waals surface area contributed by atoms with E-state index in [1.165, 1.54) is 10.4 Å². The maximum Gasteiger partial charge on any atom is 0.262 e. The Kier molecular flexibility index (Phi) is 5.00. The predicted octanol–water partition coefficient (Wildman–Crippen LogP) is 3.56. The monoisotopic (exact) mass is 326 g/mol. The van der Waals surface area contributed by atoms with Gasteiger partial charge in [-0.25, -0.2) is 0 Å². The smallest absolute Gasteiger partial charge is 0.262 e. The van der Waals surface area contributed by atoms with Crippen LogP contribution >= 0.6 is 0 Å². The summed E-state index contributed by atoms with van der Waals surface area (Å²) in [5.74, 6) is 0.563. The molecule has 0 spiro atoms. The van der Waals surface area contributed by atoms with E-state index in [0.717, 1.165) is 6.42 Å². The zero-order valence-electron chi connectivity index (χ0n) is 14.2. The second kappa shape index (κ2) is 6.99. The normalized spacial score (nSPS) is 23.3. The Balaban J connectivity index is 2.15. The summed E-state index contributed by atoms with van der Waals surface area (Å²) in [7, 11) is -2.30. The Hall–Kier alpha value is -1.42. The van der Waals surface area contributed by atoms with Gasteiger partial charge in [0.25, 0.3) is 8.32 Å². The highest BCUT2D eigenvalue weighted by molar-refractivity contribution is 6.99. The van der Waals surface area contributed by atoms with Gasteiger partial charge in [0.2, 0.25) is 0 Å². The summed E-state index contributed by atoms with van der Waals surface area (Å²) in [6.07, 6.45) is 0.904. The second-order valence-corrected chi connectivity index (χ2v) is 10.2. The van der Waals surface area contributed by atoms with Crippen LogP contribution in [0.25, 0.3) is 0 Å². The van der Waals surface area contributed by atoms with Crippen molar-refractivity contribution < 1.29 is 9.16 Å². The molecule has 0 N–H and O–H groups in total. The molecule has 0 saturated carbocycles. The molecule has 0 aromatic heterocycles. The number of rotatable bonds is 5. The molecule has 1 fully saturated rings. The molecule has 1 saturated heterocycles. The molecule has 0 radical (unpaired) electrons. The number of ether oxygens (including phenoxy) is 1. The van der Waals surface area contributed by atoms with E-state index in [-0.39, 0.29) is 6.29 Å². The number of hydrogen-bond donors (Lipinski definition) is 0. The van der Waals surface area contributed by atoms with Crippen LogP contribution in [0.1, 0.15) is 27.2 Å². The first-order valence-corrected chi connectivity index (χ1v) is 10.6. The first kappa shape index (κ1) is 16.4. The summed E-state index contributed by atoms with van der Waals surface area (Å²) < 4.78 is 12.6. The Labute approximate surface area is 140 Å². The van der Waals surface area contributed by atoms with Gasteiger partial charge in [0.15, 0.2) is 0 Å². The first-order valence-electron chi connectivity index (χ1n) is 8.59. The van der Waals surface area contributed by atoms with Gasteiger partial charge in [-0.3, -0.25) is 0 Å².